The van der Waals surface area contributed by atoms with Gasteiger partial charge in [-0.05, 0) is 30.4 Å². The minimum atomic E-state index is -3.85. The van der Waals surface area contributed by atoms with Crippen LogP contribution in [0.4, 0.5) is 0 Å². The fourth-order valence-electron chi connectivity index (χ4n) is 3.26. The third-order valence-electron chi connectivity index (χ3n) is 5.40. The van der Waals surface area contributed by atoms with E-state index in [-0.39, 0.29) is 24.9 Å². The largest absolute Gasteiger partial charge is 0.465 e. The Hall–Kier alpha value is -2.47. The summed E-state index contributed by atoms with van der Waals surface area (Å²) in [7, 11) is -3.85. The number of carbonyl (C=O) groups excluding carboxylic acids is 2. The summed E-state index contributed by atoms with van der Waals surface area (Å²) in [6.07, 6.45) is -0.803. The smallest absolute Gasteiger partial charge is 0.319 e. The highest BCUT2D eigenvalue weighted by atomic mass is 31.2. The molecule has 8 heteroatoms. The summed E-state index contributed by atoms with van der Waals surface area (Å²) < 4.78 is 24.8. The van der Waals surface area contributed by atoms with Crippen LogP contribution in [0.5, 0.6) is 0 Å². The molecule has 0 aliphatic carbocycles. The standard InChI is InChI=1S/C26H37N2O5P/c1-18(2)17-32-26(30)23(16-21-12-8-6-9-13-21)34(27,31)28-24(19(3)4)33-25(29)20(5)22-14-10-7-11-15-22/h6-15,18-20,23-24H,16-17H2,1-5H3,(H3,27,28,31). The Morgan fingerprint density at radius 1 is 0.912 bits per heavy atom. The molecule has 0 amide bonds. The Morgan fingerprint density at radius 2 is 1.47 bits per heavy atom. The third-order valence-corrected chi connectivity index (χ3v) is 7.37. The van der Waals surface area contributed by atoms with Crippen LogP contribution in [0.1, 0.15) is 51.7 Å². The minimum Gasteiger partial charge on any atom is -0.465 e. The summed E-state index contributed by atoms with van der Waals surface area (Å²) in [6.45, 7) is 9.42. The fraction of sp³-hybridized carbons (Fsp3) is 0.462. The molecule has 4 unspecified atom stereocenters. The number of ether oxygens (including phenoxy) is 2. The molecular formula is C26H37N2O5P. The zero-order valence-corrected chi connectivity index (χ0v) is 21.5. The van der Waals surface area contributed by atoms with E-state index in [2.05, 4.69) is 5.09 Å². The molecule has 0 aromatic heterocycles. The SMILES string of the molecule is CC(C)COC(=O)C(Cc1ccccc1)P(N)(=O)NC(OC(=O)C(C)c1ccccc1)C(C)C. The maximum absolute atomic E-state index is 13.7. The number of hydrogen-bond acceptors (Lipinski definition) is 5. The van der Waals surface area contributed by atoms with Crippen molar-refractivity contribution in [2.45, 2.75) is 58.8 Å². The predicted octanol–water partition coefficient (Wildman–Crippen LogP) is 4.87. The number of hydrogen-bond donors (Lipinski definition) is 2. The average molecular weight is 489 g/mol. The molecule has 3 N–H and O–H groups in total. The third kappa shape index (κ3) is 8.39. The van der Waals surface area contributed by atoms with E-state index in [0.717, 1.165) is 11.1 Å². The number of carbonyl (C=O) groups is 2. The first-order valence-electron chi connectivity index (χ1n) is 11.6. The highest BCUT2D eigenvalue weighted by Crippen LogP contribution is 2.42. The van der Waals surface area contributed by atoms with Crippen molar-refractivity contribution in [3.05, 3.63) is 71.8 Å². The predicted molar refractivity (Wildman–Crippen MR) is 134 cm³/mol. The summed E-state index contributed by atoms with van der Waals surface area (Å²) in [5.41, 5.74) is 6.76. The molecule has 0 spiro atoms. The van der Waals surface area contributed by atoms with Gasteiger partial charge in [0.2, 0.25) is 7.44 Å². The first kappa shape index (κ1) is 27.8. The normalized spacial score (nSPS) is 15.9. The van der Waals surface area contributed by atoms with Gasteiger partial charge in [-0.3, -0.25) is 19.7 Å². The van der Waals surface area contributed by atoms with E-state index in [1.807, 2.05) is 88.4 Å². The molecule has 4 atom stereocenters. The molecule has 0 heterocycles. The van der Waals surface area contributed by atoms with E-state index >= 15 is 0 Å². The lowest BCUT2D eigenvalue weighted by Gasteiger charge is -2.30. The van der Waals surface area contributed by atoms with Crippen LogP contribution in [0.3, 0.4) is 0 Å². The first-order chi connectivity index (χ1) is 16.0. The molecule has 2 aromatic rings. The van der Waals surface area contributed by atoms with Crippen molar-refractivity contribution in [2.75, 3.05) is 6.61 Å². The molecule has 7 nitrogen and oxygen atoms in total. The lowest BCUT2D eigenvalue weighted by molar-refractivity contribution is -0.153. The second-order valence-corrected chi connectivity index (χ2v) is 11.6. The number of benzene rings is 2. The Labute approximate surface area is 202 Å². The average Bonchev–Trinajstić information content (AvgIpc) is 2.80. The van der Waals surface area contributed by atoms with Crippen LogP contribution >= 0.6 is 7.44 Å². The lowest BCUT2D eigenvalue weighted by atomic mass is 10.0. The van der Waals surface area contributed by atoms with Gasteiger partial charge in [-0.1, -0.05) is 88.4 Å². The first-order valence-corrected chi connectivity index (χ1v) is 13.5. The maximum Gasteiger partial charge on any atom is 0.319 e. The molecule has 0 saturated heterocycles. The van der Waals surface area contributed by atoms with Gasteiger partial charge in [0.15, 0.2) is 6.23 Å². The molecule has 0 saturated carbocycles. The van der Waals surface area contributed by atoms with E-state index < -0.39 is 37.2 Å². The van der Waals surface area contributed by atoms with Gasteiger partial charge in [-0.25, -0.2) is 5.09 Å². The van der Waals surface area contributed by atoms with Crippen molar-refractivity contribution in [3.8, 4) is 0 Å². The van der Waals surface area contributed by atoms with Crippen LogP contribution in [0, 0.1) is 11.8 Å². The van der Waals surface area contributed by atoms with Crippen molar-refractivity contribution in [1.29, 1.82) is 0 Å². The van der Waals surface area contributed by atoms with E-state index in [9.17, 15) is 14.2 Å². The topological polar surface area (TPSA) is 108 Å². The quantitative estimate of drug-likeness (QED) is 0.249. The Bertz CT molecular complexity index is 966. The second kappa shape index (κ2) is 12.8. The van der Waals surface area contributed by atoms with Gasteiger partial charge < -0.3 is 9.47 Å². The van der Waals surface area contributed by atoms with Gasteiger partial charge in [0.05, 0.1) is 12.5 Å². The minimum absolute atomic E-state index is 0.121. The summed E-state index contributed by atoms with van der Waals surface area (Å²) in [5, 5.41) is 2.81. The van der Waals surface area contributed by atoms with Crippen molar-refractivity contribution in [1.82, 2.24) is 5.09 Å². The van der Waals surface area contributed by atoms with E-state index in [4.69, 9.17) is 15.0 Å². The summed E-state index contributed by atoms with van der Waals surface area (Å²) >= 11 is 0. The molecule has 0 fully saturated rings. The van der Waals surface area contributed by atoms with E-state index in [0.29, 0.717) is 0 Å². The lowest BCUT2D eigenvalue weighted by Crippen LogP contribution is -2.44. The Balaban J connectivity index is 2.22. The zero-order chi connectivity index (χ0) is 25.3. The van der Waals surface area contributed by atoms with E-state index in [1.165, 1.54) is 0 Å². The number of nitrogens with two attached hydrogens (primary N) is 1. The number of rotatable bonds is 12. The van der Waals surface area contributed by atoms with Gasteiger partial charge in [0.25, 0.3) is 0 Å². The van der Waals surface area contributed by atoms with Gasteiger partial charge in [-0.15, -0.1) is 0 Å². The highest BCUT2D eigenvalue weighted by Gasteiger charge is 2.40. The molecule has 186 valence electrons. The summed E-state index contributed by atoms with van der Waals surface area (Å²) in [4.78, 5) is 25.8. The summed E-state index contributed by atoms with van der Waals surface area (Å²) in [5.74, 6) is -1.75. The van der Waals surface area contributed by atoms with Gasteiger partial charge in [0.1, 0.15) is 5.66 Å². The Kier molecular flexibility index (Phi) is 10.5. The molecule has 2 rings (SSSR count). The van der Waals surface area contributed by atoms with Crippen molar-refractivity contribution < 1.29 is 23.6 Å². The van der Waals surface area contributed by atoms with Gasteiger partial charge in [0, 0.05) is 5.92 Å². The van der Waals surface area contributed by atoms with Crippen LogP contribution in [0.25, 0.3) is 0 Å². The maximum atomic E-state index is 13.7. The van der Waals surface area contributed by atoms with Crippen LogP contribution < -0.4 is 10.6 Å². The van der Waals surface area contributed by atoms with Crippen molar-refractivity contribution >= 4 is 19.4 Å². The van der Waals surface area contributed by atoms with Crippen LogP contribution in [0.15, 0.2) is 60.7 Å². The van der Waals surface area contributed by atoms with Gasteiger partial charge in [-0.2, -0.15) is 0 Å². The molecule has 34 heavy (non-hydrogen) atoms. The van der Waals surface area contributed by atoms with Crippen LogP contribution in [-0.2, 0) is 30.0 Å². The summed E-state index contributed by atoms with van der Waals surface area (Å²) in [6, 6.07) is 18.5. The fourth-order valence-corrected chi connectivity index (χ4v) is 5.06. The molecular weight excluding hydrogens is 451 g/mol. The number of nitrogens with one attached hydrogen (secondary N) is 1. The highest BCUT2D eigenvalue weighted by molar-refractivity contribution is 7.61. The zero-order valence-electron chi connectivity index (χ0n) is 20.6. The number of esters is 2. The molecule has 2 aromatic carbocycles. The van der Waals surface area contributed by atoms with Gasteiger partial charge >= 0.3 is 11.9 Å². The molecule has 0 aliphatic heterocycles. The monoisotopic (exact) mass is 488 g/mol. The van der Waals surface area contributed by atoms with E-state index in [1.54, 1.807) is 6.92 Å². The van der Waals surface area contributed by atoms with Crippen LogP contribution in [0.2, 0.25) is 0 Å². The molecule has 0 bridgehead atoms. The Morgan fingerprint density at radius 3 is 2.00 bits per heavy atom. The van der Waals surface area contributed by atoms with Crippen molar-refractivity contribution in [3.63, 3.8) is 0 Å². The van der Waals surface area contributed by atoms with Crippen LogP contribution in [-0.4, -0.2) is 30.4 Å². The van der Waals surface area contributed by atoms with Crippen molar-refractivity contribution in [2.24, 2.45) is 17.3 Å². The molecule has 0 aliphatic rings. The second-order valence-electron chi connectivity index (χ2n) is 9.30. The molecule has 0 radical (unpaired) electrons.